The van der Waals surface area contributed by atoms with E-state index >= 15 is 0 Å². The number of amides is 4. The molecule has 428 valence electrons. The average molecular weight is 1210 g/mol. The van der Waals surface area contributed by atoms with Gasteiger partial charge in [-0.05, 0) is 122 Å². The first-order valence-corrected chi connectivity index (χ1v) is 29.5. The molecule has 24 heteroatoms. The van der Waals surface area contributed by atoms with Gasteiger partial charge in [0.25, 0.3) is 0 Å². The van der Waals surface area contributed by atoms with Crippen LogP contribution in [0.5, 0.6) is 0 Å². The highest BCUT2D eigenvalue weighted by Crippen LogP contribution is 2.47. The molecule has 0 spiro atoms. The number of fused-ring (bicyclic) bond motifs is 4. The first kappa shape index (κ1) is 61.6. The van der Waals surface area contributed by atoms with Gasteiger partial charge in [-0.3, -0.25) is 9.59 Å². The Kier molecular flexibility index (Phi) is 20.3. The summed E-state index contributed by atoms with van der Waals surface area (Å²) in [7, 11) is 0. The topological polar surface area (TPSA) is 203 Å². The SMILES string of the molecule is CC(C)N(CCC(=O)Nc1sc2c(c1-c1nc3cc(-n4ccnc4)ccc3s1)CCN(C(=O)OC(C)(C)C)C2)C(=O)OC(C)(C)C.CC(C)NCCC(=O)Nc1sc2c(c1-c1nc3cc(-n4ccnc4)ccc3s1)CCNC2.Cl.Cl. The molecule has 2 aliphatic heterocycles. The molecular weight excluding hydrogens is 1140 g/mol. The molecular formula is C56H70Cl2N12O6S4. The number of halogens is 2. The Morgan fingerprint density at radius 3 is 1.76 bits per heavy atom. The van der Waals surface area contributed by atoms with Gasteiger partial charge in [-0.2, -0.15) is 0 Å². The number of nitrogens with zero attached hydrogens (tertiary/aromatic N) is 8. The Hall–Kier alpha value is -5.98. The highest BCUT2D eigenvalue weighted by atomic mass is 35.5. The molecule has 0 fully saturated rings. The minimum atomic E-state index is -0.638. The molecule has 0 bridgehead atoms. The summed E-state index contributed by atoms with van der Waals surface area (Å²) in [5.41, 5.74) is 6.94. The van der Waals surface area contributed by atoms with Crippen LogP contribution >= 0.6 is 70.2 Å². The molecule has 10 rings (SSSR count). The summed E-state index contributed by atoms with van der Waals surface area (Å²) in [4.78, 5) is 75.7. The van der Waals surface area contributed by atoms with Crippen LogP contribution in [0.15, 0.2) is 73.8 Å². The summed E-state index contributed by atoms with van der Waals surface area (Å²) < 4.78 is 17.3. The molecule has 0 radical (unpaired) electrons. The summed E-state index contributed by atoms with van der Waals surface area (Å²) in [5.74, 6) is -0.184. The number of carbonyl (C=O) groups is 4. The van der Waals surface area contributed by atoms with Crippen LogP contribution in [0.2, 0.25) is 0 Å². The van der Waals surface area contributed by atoms with Crippen LogP contribution in [0.3, 0.4) is 0 Å². The predicted molar refractivity (Wildman–Crippen MR) is 328 cm³/mol. The maximum atomic E-state index is 13.4. The molecule has 18 nitrogen and oxygen atoms in total. The lowest BCUT2D eigenvalue weighted by Gasteiger charge is -2.30. The number of ether oxygens (including phenoxy) is 2. The van der Waals surface area contributed by atoms with Crippen molar-refractivity contribution in [3.05, 3.63) is 94.7 Å². The third-order valence-corrected chi connectivity index (χ3v) is 17.0. The average Bonchev–Trinajstić information content (AvgIpc) is 4.25. The molecule has 0 aliphatic carbocycles. The van der Waals surface area contributed by atoms with Crippen LogP contribution in [0.25, 0.3) is 53.0 Å². The van der Waals surface area contributed by atoms with E-state index in [-0.39, 0.29) is 61.7 Å². The van der Waals surface area contributed by atoms with E-state index in [1.807, 2.05) is 95.1 Å². The van der Waals surface area contributed by atoms with Crippen LogP contribution < -0.4 is 21.3 Å². The van der Waals surface area contributed by atoms with E-state index in [9.17, 15) is 19.2 Å². The van der Waals surface area contributed by atoms with Crippen molar-refractivity contribution in [2.45, 2.75) is 131 Å². The molecule has 80 heavy (non-hydrogen) atoms. The van der Waals surface area contributed by atoms with E-state index < -0.39 is 17.3 Å². The van der Waals surface area contributed by atoms with Crippen molar-refractivity contribution in [2.24, 2.45) is 0 Å². The van der Waals surface area contributed by atoms with Crippen molar-refractivity contribution < 1.29 is 28.7 Å². The third kappa shape index (κ3) is 15.1. The summed E-state index contributed by atoms with van der Waals surface area (Å²) >= 11 is 6.38. The van der Waals surface area contributed by atoms with E-state index in [2.05, 4.69) is 63.3 Å². The number of thiophene rings is 2. The first-order chi connectivity index (χ1) is 37.2. The van der Waals surface area contributed by atoms with Crippen molar-refractivity contribution in [3.8, 4) is 32.5 Å². The second-order valence-electron chi connectivity index (χ2n) is 21.7. The number of hydrogen-bond donors (Lipinski definition) is 4. The van der Waals surface area contributed by atoms with Crippen molar-refractivity contribution >= 4 is 125 Å². The second-order valence-corrected chi connectivity index (χ2v) is 26.0. The van der Waals surface area contributed by atoms with Crippen molar-refractivity contribution in [2.75, 3.05) is 36.8 Å². The van der Waals surface area contributed by atoms with Gasteiger partial charge in [0, 0.05) is 108 Å². The van der Waals surface area contributed by atoms with E-state index in [1.54, 1.807) is 68.9 Å². The molecule has 4 N–H and O–H groups in total. The zero-order chi connectivity index (χ0) is 55.5. The summed E-state index contributed by atoms with van der Waals surface area (Å²) in [5, 5.41) is 16.4. The van der Waals surface area contributed by atoms with Gasteiger partial charge in [-0.15, -0.1) is 70.2 Å². The highest BCUT2D eigenvalue weighted by molar-refractivity contribution is 7.23. The van der Waals surface area contributed by atoms with Gasteiger partial charge < -0.3 is 49.7 Å². The monoisotopic (exact) mass is 1200 g/mol. The number of rotatable bonds is 14. The molecule has 8 aromatic rings. The summed E-state index contributed by atoms with van der Waals surface area (Å²) in [6, 6.07) is 12.6. The van der Waals surface area contributed by atoms with Crippen LogP contribution in [0.4, 0.5) is 19.6 Å². The lowest BCUT2D eigenvalue weighted by molar-refractivity contribution is -0.117. The standard InChI is InChI=1S/C33H42N6O5S2.C23H26N6OS2.2ClH/c1-20(2)39(31(42)44-33(6,7)8)15-12-26(40)36-29-27(22-11-14-37(18-25(22)46-29)30(41)43-32(3,4)5)28-35-23-17-21(9-10-24(23)45-28)38-16-13-34-19-38;1-14(2)26-8-6-20(30)28-23-21(16-5-7-24-12-19(16)32-23)22-27-17-11-15(3-4-18(17)31-22)29-10-9-25-13-29;;/h9-10,13,16-17,19-20H,11-12,14-15,18H2,1-8H3,(H,36,40);3-4,9-11,13-14,24,26H,5-8,12H2,1-2H3,(H,28,30);2*1H. The normalized spacial score (nSPS) is 13.2. The minimum absolute atomic E-state index is 0. The number of nitrogens with one attached hydrogen (secondary N) is 4. The van der Waals surface area contributed by atoms with Gasteiger partial charge in [-0.1, -0.05) is 13.8 Å². The number of carbonyl (C=O) groups excluding carboxylic acids is 4. The van der Waals surface area contributed by atoms with Gasteiger partial charge in [-0.25, -0.2) is 29.5 Å². The lowest BCUT2D eigenvalue weighted by Crippen LogP contribution is -2.42. The van der Waals surface area contributed by atoms with Gasteiger partial charge in [0.1, 0.15) is 31.2 Å². The smallest absolute Gasteiger partial charge is 0.410 e. The number of anilines is 2. The lowest BCUT2D eigenvalue weighted by atomic mass is 10.0. The third-order valence-electron chi connectivity index (χ3n) is 12.7. The zero-order valence-electron chi connectivity index (χ0n) is 46.6. The molecule has 2 aliphatic rings. The van der Waals surface area contributed by atoms with Crippen LogP contribution in [0, 0.1) is 0 Å². The zero-order valence-corrected chi connectivity index (χ0v) is 51.5. The number of aromatic nitrogens is 6. The molecule has 2 aromatic carbocycles. The summed E-state index contributed by atoms with van der Waals surface area (Å²) in [6.45, 7) is 22.5. The fourth-order valence-corrected chi connectivity index (χ4v) is 13.7. The van der Waals surface area contributed by atoms with Crippen LogP contribution in [-0.4, -0.2) is 112 Å². The van der Waals surface area contributed by atoms with Gasteiger partial charge in [0.2, 0.25) is 11.8 Å². The Bertz CT molecular complexity index is 3430. The Balaban J connectivity index is 0.000000239. The van der Waals surface area contributed by atoms with Gasteiger partial charge in [0.05, 0.1) is 39.6 Å². The number of imidazole rings is 2. The predicted octanol–water partition coefficient (Wildman–Crippen LogP) is 12.5. The largest absolute Gasteiger partial charge is 0.444 e. The Labute approximate surface area is 494 Å². The second kappa shape index (κ2) is 26.3. The summed E-state index contributed by atoms with van der Waals surface area (Å²) in [6.07, 6.45) is 12.1. The van der Waals surface area contributed by atoms with Gasteiger partial charge >= 0.3 is 12.2 Å². The fourth-order valence-electron chi connectivity index (χ4n) is 9.00. The number of benzene rings is 2. The van der Waals surface area contributed by atoms with E-state index in [0.717, 1.165) is 87.9 Å². The van der Waals surface area contributed by atoms with Crippen molar-refractivity contribution in [3.63, 3.8) is 0 Å². The maximum absolute atomic E-state index is 13.4. The quantitative estimate of drug-likeness (QED) is 0.0803. The Morgan fingerprint density at radius 2 is 1.25 bits per heavy atom. The molecule has 0 saturated carbocycles. The van der Waals surface area contributed by atoms with Crippen LogP contribution in [-0.2, 0) is 45.0 Å². The van der Waals surface area contributed by atoms with Crippen molar-refractivity contribution in [1.82, 2.24) is 49.5 Å². The van der Waals surface area contributed by atoms with Gasteiger partial charge in [0.15, 0.2) is 0 Å². The van der Waals surface area contributed by atoms with E-state index in [0.29, 0.717) is 43.5 Å². The maximum Gasteiger partial charge on any atom is 0.410 e. The fraction of sp³-hybridized carbons (Fsp3) is 0.429. The highest BCUT2D eigenvalue weighted by Gasteiger charge is 2.33. The molecule has 6 aromatic heterocycles. The molecule has 0 saturated heterocycles. The molecule has 0 atom stereocenters. The molecule has 0 unspecified atom stereocenters. The number of thiazole rings is 2. The van der Waals surface area contributed by atoms with Crippen LogP contribution in [0.1, 0.15) is 103 Å². The van der Waals surface area contributed by atoms with Crippen molar-refractivity contribution in [1.29, 1.82) is 0 Å². The van der Waals surface area contributed by atoms with E-state index in [1.165, 1.54) is 21.8 Å². The first-order valence-electron chi connectivity index (χ1n) is 26.3. The molecule has 4 amide bonds. The molecule has 8 heterocycles. The minimum Gasteiger partial charge on any atom is -0.444 e. The Morgan fingerprint density at radius 1 is 0.713 bits per heavy atom. The number of hydrogen-bond acceptors (Lipinski definition) is 16. The van der Waals surface area contributed by atoms with E-state index in [4.69, 9.17) is 19.4 Å².